The number of hydrogen-bond donors (Lipinski definition) is 4. The fourth-order valence-corrected chi connectivity index (χ4v) is 3.76. The van der Waals surface area contributed by atoms with Crippen molar-refractivity contribution < 1.29 is 24.2 Å². The van der Waals surface area contributed by atoms with Gasteiger partial charge >= 0.3 is 6.09 Å². The second-order valence-corrected chi connectivity index (χ2v) is 8.46. The van der Waals surface area contributed by atoms with Crippen LogP contribution < -0.4 is 21.1 Å². The Morgan fingerprint density at radius 3 is 2.43 bits per heavy atom. The summed E-state index contributed by atoms with van der Waals surface area (Å²) in [4.78, 5) is 25.0. The first-order valence-electron chi connectivity index (χ1n) is 12.1. The number of benzene rings is 3. The summed E-state index contributed by atoms with van der Waals surface area (Å²) < 4.78 is 11.6. The number of para-hydroxylation sites is 4. The summed E-state index contributed by atoms with van der Waals surface area (Å²) in [5.41, 5.74) is 8.25. The van der Waals surface area contributed by atoms with E-state index in [-0.39, 0.29) is 25.0 Å². The Labute approximate surface area is 217 Å². The summed E-state index contributed by atoms with van der Waals surface area (Å²) in [5.74, 6) is 0.150. The highest BCUT2D eigenvalue weighted by molar-refractivity contribution is 6.01. The van der Waals surface area contributed by atoms with Crippen molar-refractivity contribution in [2.75, 3.05) is 29.6 Å². The molecule has 2 amide bonds. The number of rotatable bonds is 12. The Bertz CT molecular complexity index is 1180. The van der Waals surface area contributed by atoms with Gasteiger partial charge in [0.15, 0.2) is 0 Å². The van der Waals surface area contributed by atoms with Gasteiger partial charge in [-0.15, -0.1) is 0 Å². The minimum Gasteiger partial charge on any atom is -0.491 e. The maximum absolute atomic E-state index is 12.8. The molecule has 3 aromatic carbocycles. The second-order valence-electron chi connectivity index (χ2n) is 8.46. The molecule has 0 fully saturated rings. The number of allylic oxidation sites excluding steroid dienone is 1. The number of nitrogens with one attached hydrogen (secondary N) is 2. The van der Waals surface area contributed by atoms with E-state index in [0.29, 0.717) is 41.2 Å². The van der Waals surface area contributed by atoms with E-state index in [4.69, 9.17) is 15.2 Å². The van der Waals surface area contributed by atoms with E-state index < -0.39 is 12.2 Å². The molecule has 0 aliphatic heterocycles. The van der Waals surface area contributed by atoms with Crippen LogP contribution in [0.5, 0.6) is 5.75 Å². The second kappa shape index (κ2) is 14.3. The lowest BCUT2D eigenvalue weighted by Crippen LogP contribution is -2.22. The number of aliphatic hydroxyl groups excluding tert-OH is 1. The van der Waals surface area contributed by atoms with Gasteiger partial charge in [-0.1, -0.05) is 61.5 Å². The zero-order chi connectivity index (χ0) is 26.5. The fraction of sp³-hybridized carbons (Fsp3) is 0.241. The van der Waals surface area contributed by atoms with Gasteiger partial charge in [0.05, 0.1) is 18.0 Å². The predicted octanol–water partition coefficient (Wildman–Crippen LogP) is 5.54. The minimum absolute atomic E-state index is 0.113. The summed E-state index contributed by atoms with van der Waals surface area (Å²) in [7, 11) is 0. The molecular weight excluding hydrogens is 470 g/mol. The van der Waals surface area contributed by atoms with Crippen LogP contribution in [0, 0.1) is 5.92 Å². The Kier molecular flexibility index (Phi) is 10.6. The third kappa shape index (κ3) is 8.70. The van der Waals surface area contributed by atoms with Gasteiger partial charge in [-0.3, -0.25) is 10.1 Å². The fourth-order valence-electron chi connectivity index (χ4n) is 3.76. The number of nitrogens with two attached hydrogens (primary N) is 1. The van der Waals surface area contributed by atoms with Crippen LogP contribution in [0.4, 0.5) is 21.9 Å². The molecule has 3 aromatic rings. The van der Waals surface area contributed by atoms with Crippen LogP contribution in [0.1, 0.15) is 31.4 Å². The Morgan fingerprint density at radius 2 is 1.68 bits per heavy atom. The Balaban J connectivity index is 1.67. The van der Waals surface area contributed by atoms with Crippen LogP contribution in [0.3, 0.4) is 0 Å². The van der Waals surface area contributed by atoms with Crippen LogP contribution in [-0.4, -0.2) is 30.3 Å². The summed E-state index contributed by atoms with van der Waals surface area (Å²) in [6, 6.07) is 23.4. The van der Waals surface area contributed by atoms with Crippen molar-refractivity contribution in [1.82, 2.24) is 0 Å². The molecule has 0 heterocycles. The van der Waals surface area contributed by atoms with Crippen molar-refractivity contribution in [3.8, 4) is 5.75 Å². The number of carbonyl (C=O) groups excluding carboxylic acids is 2. The largest absolute Gasteiger partial charge is 0.491 e. The number of anilines is 3. The Morgan fingerprint density at radius 1 is 0.973 bits per heavy atom. The van der Waals surface area contributed by atoms with Crippen molar-refractivity contribution in [2.45, 2.75) is 25.9 Å². The maximum atomic E-state index is 12.8. The lowest BCUT2D eigenvalue weighted by atomic mass is 9.92. The van der Waals surface area contributed by atoms with Gasteiger partial charge in [0.25, 0.3) is 0 Å². The van der Waals surface area contributed by atoms with Gasteiger partial charge in [-0.25, -0.2) is 4.79 Å². The monoisotopic (exact) mass is 503 g/mol. The van der Waals surface area contributed by atoms with Crippen molar-refractivity contribution in [3.63, 3.8) is 0 Å². The highest BCUT2D eigenvalue weighted by atomic mass is 16.6. The number of amides is 2. The molecule has 0 radical (unpaired) electrons. The summed E-state index contributed by atoms with van der Waals surface area (Å²) >= 11 is 0. The smallest absolute Gasteiger partial charge is 0.412 e. The molecule has 8 heteroatoms. The molecule has 194 valence electrons. The van der Waals surface area contributed by atoms with Crippen LogP contribution in [0.25, 0.3) is 0 Å². The van der Waals surface area contributed by atoms with E-state index >= 15 is 0 Å². The van der Waals surface area contributed by atoms with Gasteiger partial charge in [-0.05, 0) is 55.2 Å². The van der Waals surface area contributed by atoms with E-state index in [2.05, 4.69) is 10.6 Å². The van der Waals surface area contributed by atoms with Crippen molar-refractivity contribution in [2.24, 2.45) is 5.92 Å². The first-order valence-corrected chi connectivity index (χ1v) is 12.1. The lowest BCUT2D eigenvalue weighted by Gasteiger charge is -2.26. The van der Waals surface area contributed by atoms with Crippen LogP contribution in [-0.2, 0) is 9.53 Å². The minimum atomic E-state index is -0.620. The van der Waals surface area contributed by atoms with Crippen LogP contribution in [0.15, 0.2) is 91.0 Å². The summed E-state index contributed by atoms with van der Waals surface area (Å²) in [5, 5.41) is 14.7. The molecule has 2 atom stereocenters. The molecule has 8 nitrogen and oxygen atoms in total. The quantitative estimate of drug-likeness (QED) is 0.190. The lowest BCUT2D eigenvalue weighted by molar-refractivity contribution is -0.111. The third-order valence-corrected chi connectivity index (χ3v) is 5.62. The molecule has 0 aliphatic carbocycles. The van der Waals surface area contributed by atoms with Gasteiger partial charge in [0.1, 0.15) is 18.5 Å². The number of ether oxygens (including phenoxy) is 2. The van der Waals surface area contributed by atoms with E-state index in [1.807, 2.05) is 43.3 Å². The standard InChI is InChI=1S/C29H33N3O5/c1-21(11-5-10-18-27(34)32-25-16-8-7-15-24(25)30)28(23-14-6-9-17-26(23)36-20-19-33)37-29(35)31-22-12-3-2-4-13-22/h2-4,6-10,12-18,21,28,33H,5,11,19-20,30H2,1H3,(H,31,35)(H,32,34)/b18-10+/t21-,28+/m1/s1. The van der Waals surface area contributed by atoms with Gasteiger partial charge in [0.2, 0.25) is 5.91 Å². The van der Waals surface area contributed by atoms with Gasteiger partial charge < -0.3 is 25.6 Å². The molecule has 0 aromatic heterocycles. The molecule has 0 bridgehead atoms. The van der Waals surface area contributed by atoms with E-state index in [1.54, 1.807) is 48.5 Å². The topological polar surface area (TPSA) is 123 Å². The number of carbonyl (C=O) groups is 2. The normalized spacial score (nSPS) is 12.5. The van der Waals surface area contributed by atoms with Gasteiger partial charge in [0, 0.05) is 11.3 Å². The predicted molar refractivity (Wildman–Crippen MR) is 145 cm³/mol. The van der Waals surface area contributed by atoms with E-state index in [9.17, 15) is 14.7 Å². The number of aliphatic hydroxyl groups is 1. The zero-order valence-electron chi connectivity index (χ0n) is 20.8. The van der Waals surface area contributed by atoms with Crippen molar-refractivity contribution in [1.29, 1.82) is 0 Å². The highest BCUT2D eigenvalue weighted by Gasteiger charge is 2.26. The number of hydrogen-bond acceptors (Lipinski definition) is 6. The average Bonchev–Trinajstić information content (AvgIpc) is 2.90. The molecule has 0 spiro atoms. The van der Waals surface area contributed by atoms with E-state index in [0.717, 1.165) is 0 Å². The van der Waals surface area contributed by atoms with Crippen molar-refractivity contribution >= 4 is 29.1 Å². The molecule has 0 unspecified atom stereocenters. The molecular formula is C29H33N3O5. The highest BCUT2D eigenvalue weighted by Crippen LogP contribution is 2.35. The molecule has 37 heavy (non-hydrogen) atoms. The molecule has 0 saturated heterocycles. The summed E-state index contributed by atoms with van der Waals surface area (Å²) in [6.07, 6.45) is 3.25. The summed E-state index contributed by atoms with van der Waals surface area (Å²) in [6.45, 7) is 1.96. The zero-order valence-corrected chi connectivity index (χ0v) is 20.8. The molecule has 5 N–H and O–H groups in total. The first kappa shape index (κ1) is 27.3. The molecule has 3 rings (SSSR count). The third-order valence-electron chi connectivity index (χ3n) is 5.62. The molecule has 0 saturated carbocycles. The van der Waals surface area contributed by atoms with Crippen LogP contribution >= 0.6 is 0 Å². The average molecular weight is 504 g/mol. The first-order chi connectivity index (χ1) is 18.0. The molecule has 0 aliphatic rings. The van der Waals surface area contributed by atoms with Crippen LogP contribution in [0.2, 0.25) is 0 Å². The maximum Gasteiger partial charge on any atom is 0.412 e. The Hall–Kier alpha value is -4.30. The SMILES string of the molecule is C[C@H](CC/C=C/C(=O)Nc1ccccc1N)[C@H](OC(=O)Nc1ccccc1)c1ccccc1OCCO. The number of nitrogen functional groups attached to an aromatic ring is 1. The van der Waals surface area contributed by atoms with Crippen molar-refractivity contribution in [3.05, 3.63) is 96.6 Å². The van der Waals surface area contributed by atoms with E-state index in [1.165, 1.54) is 6.08 Å². The van der Waals surface area contributed by atoms with Gasteiger partial charge in [-0.2, -0.15) is 0 Å².